The van der Waals surface area contributed by atoms with Gasteiger partial charge < -0.3 is 5.11 Å². The molecule has 0 atom stereocenters. The Kier molecular flexibility index (Phi) is 2.40. The van der Waals surface area contributed by atoms with Gasteiger partial charge in [-0.25, -0.2) is 14.6 Å². The van der Waals surface area contributed by atoms with Gasteiger partial charge in [0, 0.05) is 12.6 Å². The van der Waals surface area contributed by atoms with Crippen molar-refractivity contribution < 1.29 is 9.90 Å². The zero-order valence-corrected chi connectivity index (χ0v) is 8.54. The average Bonchev–Trinajstić information content (AvgIpc) is 2.28. The minimum atomic E-state index is -1.05. The second-order valence-corrected chi connectivity index (χ2v) is 3.22. The summed E-state index contributed by atoms with van der Waals surface area (Å²) in [5, 5.41) is 8.81. The molecular formula is C10H9N3O3. The first-order valence-electron chi connectivity index (χ1n) is 4.74. The van der Waals surface area contributed by atoms with E-state index < -0.39 is 11.7 Å². The molecule has 0 fully saturated rings. The Morgan fingerprint density at radius 2 is 2.25 bits per heavy atom. The summed E-state index contributed by atoms with van der Waals surface area (Å²) >= 11 is 0. The predicted molar refractivity (Wildman–Crippen MR) is 55.6 cm³/mol. The van der Waals surface area contributed by atoms with E-state index in [4.69, 9.17) is 5.11 Å². The maximum absolute atomic E-state index is 11.5. The molecule has 0 saturated carbocycles. The highest BCUT2D eigenvalue weighted by Gasteiger charge is 2.07. The molecule has 2 aromatic heterocycles. The van der Waals surface area contributed by atoms with E-state index in [9.17, 15) is 9.59 Å². The third kappa shape index (κ3) is 1.65. The molecule has 0 aliphatic heterocycles. The number of hydrogen-bond acceptors (Lipinski definition) is 4. The summed E-state index contributed by atoms with van der Waals surface area (Å²) in [5.41, 5.74) is -0.0457. The summed E-state index contributed by atoms with van der Waals surface area (Å²) < 4.78 is 1.21. The van der Waals surface area contributed by atoms with Crippen molar-refractivity contribution in [3.63, 3.8) is 0 Å². The number of carboxylic acid groups (broad SMARTS) is 1. The molecule has 6 nitrogen and oxygen atoms in total. The van der Waals surface area contributed by atoms with Gasteiger partial charge in [0.05, 0.1) is 5.56 Å². The standard InChI is InChI=1S/C10H9N3O3/c1-2-7-11-8-5-6(9(14)15)3-4-13(8)10(16)12-7/h3-5H,2H2,1H3,(H,14,15). The van der Waals surface area contributed by atoms with E-state index in [1.807, 2.05) is 6.92 Å². The van der Waals surface area contributed by atoms with Gasteiger partial charge >= 0.3 is 11.7 Å². The van der Waals surface area contributed by atoms with Crippen LogP contribution in [0.25, 0.3) is 5.65 Å². The Hall–Kier alpha value is -2.24. The van der Waals surface area contributed by atoms with Crippen LogP contribution in [-0.4, -0.2) is 25.4 Å². The summed E-state index contributed by atoms with van der Waals surface area (Å²) in [7, 11) is 0. The maximum Gasteiger partial charge on any atom is 0.355 e. The van der Waals surface area contributed by atoms with Crippen LogP contribution in [0.5, 0.6) is 0 Å². The summed E-state index contributed by atoms with van der Waals surface area (Å²) in [6.45, 7) is 1.83. The van der Waals surface area contributed by atoms with Crippen LogP contribution < -0.4 is 5.69 Å². The summed E-state index contributed by atoms with van der Waals surface area (Å²) in [6.07, 6.45) is 1.89. The zero-order chi connectivity index (χ0) is 11.7. The summed E-state index contributed by atoms with van der Waals surface area (Å²) in [4.78, 5) is 30.1. The molecule has 0 spiro atoms. The van der Waals surface area contributed by atoms with E-state index in [2.05, 4.69) is 9.97 Å². The van der Waals surface area contributed by atoms with Crippen LogP contribution in [0.3, 0.4) is 0 Å². The van der Waals surface area contributed by atoms with Crippen LogP contribution in [0.2, 0.25) is 0 Å². The molecule has 2 rings (SSSR count). The molecule has 0 aliphatic rings. The monoisotopic (exact) mass is 219 g/mol. The van der Waals surface area contributed by atoms with E-state index >= 15 is 0 Å². The molecule has 2 heterocycles. The van der Waals surface area contributed by atoms with Crippen molar-refractivity contribution in [2.45, 2.75) is 13.3 Å². The lowest BCUT2D eigenvalue weighted by Crippen LogP contribution is -2.20. The van der Waals surface area contributed by atoms with Crippen molar-refractivity contribution in [2.75, 3.05) is 0 Å². The van der Waals surface area contributed by atoms with E-state index in [0.29, 0.717) is 17.9 Å². The molecule has 0 aromatic carbocycles. The highest BCUT2D eigenvalue weighted by Crippen LogP contribution is 2.03. The molecule has 0 bridgehead atoms. The van der Waals surface area contributed by atoms with Gasteiger partial charge in [0.25, 0.3) is 0 Å². The van der Waals surface area contributed by atoms with Gasteiger partial charge in [-0.3, -0.25) is 4.40 Å². The second kappa shape index (κ2) is 3.73. The number of pyridine rings is 1. The van der Waals surface area contributed by atoms with Gasteiger partial charge in [-0.2, -0.15) is 4.98 Å². The fourth-order valence-corrected chi connectivity index (χ4v) is 1.35. The molecule has 2 aromatic rings. The SMILES string of the molecule is CCc1nc(=O)n2ccc(C(=O)O)cc2n1. The van der Waals surface area contributed by atoms with Crippen molar-refractivity contribution in [1.82, 2.24) is 14.4 Å². The first-order chi connectivity index (χ1) is 7.61. The third-order valence-corrected chi connectivity index (χ3v) is 2.17. The predicted octanol–water partition coefficient (Wildman–Crippen LogP) is 0.350. The lowest BCUT2D eigenvalue weighted by Gasteiger charge is -2.02. The fraction of sp³-hybridized carbons (Fsp3) is 0.200. The van der Waals surface area contributed by atoms with Crippen molar-refractivity contribution in [1.29, 1.82) is 0 Å². The lowest BCUT2D eigenvalue weighted by molar-refractivity contribution is 0.0697. The Bertz CT molecular complexity index is 618. The van der Waals surface area contributed by atoms with Gasteiger partial charge in [-0.15, -0.1) is 0 Å². The number of rotatable bonds is 2. The first kappa shape index (κ1) is 10.3. The Morgan fingerprint density at radius 3 is 2.88 bits per heavy atom. The number of aromatic nitrogens is 3. The van der Waals surface area contributed by atoms with Gasteiger partial charge in [0.15, 0.2) is 0 Å². The summed E-state index contributed by atoms with van der Waals surface area (Å²) in [5.74, 6) is -0.640. The molecule has 16 heavy (non-hydrogen) atoms. The topological polar surface area (TPSA) is 84.6 Å². The quantitative estimate of drug-likeness (QED) is 0.787. The van der Waals surface area contributed by atoms with Crippen molar-refractivity contribution in [2.24, 2.45) is 0 Å². The van der Waals surface area contributed by atoms with Gasteiger partial charge in [-0.05, 0) is 12.1 Å². The second-order valence-electron chi connectivity index (χ2n) is 3.22. The molecule has 0 saturated heterocycles. The van der Waals surface area contributed by atoms with Crippen LogP contribution >= 0.6 is 0 Å². The largest absolute Gasteiger partial charge is 0.478 e. The normalized spacial score (nSPS) is 10.6. The molecule has 0 aliphatic carbocycles. The van der Waals surface area contributed by atoms with Crippen LogP contribution in [0, 0.1) is 0 Å². The fourth-order valence-electron chi connectivity index (χ4n) is 1.35. The molecule has 0 unspecified atom stereocenters. The van der Waals surface area contributed by atoms with Gasteiger partial charge in [0.1, 0.15) is 11.5 Å². The zero-order valence-electron chi connectivity index (χ0n) is 8.54. The number of carbonyl (C=O) groups is 1. The molecule has 0 amide bonds. The number of carboxylic acids is 1. The van der Waals surface area contributed by atoms with E-state index in [0.717, 1.165) is 0 Å². The minimum absolute atomic E-state index is 0.0974. The third-order valence-electron chi connectivity index (χ3n) is 2.17. The minimum Gasteiger partial charge on any atom is -0.478 e. The number of fused-ring (bicyclic) bond motifs is 1. The Morgan fingerprint density at radius 1 is 1.50 bits per heavy atom. The average molecular weight is 219 g/mol. The first-order valence-corrected chi connectivity index (χ1v) is 4.74. The van der Waals surface area contributed by atoms with Crippen molar-refractivity contribution in [3.8, 4) is 0 Å². The highest BCUT2D eigenvalue weighted by atomic mass is 16.4. The number of aryl methyl sites for hydroxylation is 1. The van der Waals surface area contributed by atoms with Gasteiger partial charge in [-0.1, -0.05) is 6.92 Å². The highest BCUT2D eigenvalue weighted by molar-refractivity contribution is 5.88. The Labute approximate surface area is 90.2 Å². The van der Waals surface area contributed by atoms with Crippen molar-refractivity contribution in [3.05, 3.63) is 40.2 Å². The molecule has 6 heteroatoms. The molecule has 1 N–H and O–H groups in total. The molecule has 0 radical (unpaired) electrons. The van der Waals surface area contributed by atoms with Crippen molar-refractivity contribution >= 4 is 11.6 Å². The molecular weight excluding hydrogens is 210 g/mol. The van der Waals surface area contributed by atoms with Crippen LogP contribution in [-0.2, 0) is 6.42 Å². The van der Waals surface area contributed by atoms with E-state index in [1.54, 1.807) is 0 Å². The Balaban J connectivity index is 2.76. The molecule has 82 valence electrons. The van der Waals surface area contributed by atoms with Gasteiger partial charge in [0.2, 0.25) is 0 Å². The lowest BCUT2D eigenvalue weighted by atomic mass is 10.2. The van der Waals surface area contributed by atoms with E-state index in [1.165, 1.54) is 22.7 Å². The van der Waals surface area contributed by atoms with Crippen LogP contribution in [0.4, 0.5) is 0 Å². The number of hydrogen-bond donors (Lipinski definition) is 1. The summed E-state index contributed by atoms with van der Waals surface area (Å²) in [6, 6.07) is 2.69. The number of aromatic carboxylic acids is 1. The maximum atomic E-state index is 11.5. The van der Waals surface area contributed by atoms with Crippen LogP contribution in [0.15, 0.2) is 23.1 Å². The number of nitrogens with zero attached hydrogens (tertiary/aromatic N) is 3. The van der Waals surface area contributed by atoms with Crippen LogP contribution in [0.1, 0.15) is 23.1 Å². The smallest absolute Gasteiger partial charge is 0.355 e. The van der Waals surface area contributed by atoms with E-state index in [-0.39, 0.29) is 5.56 Å².